The Kier molecular flexibility index (Phi) is 6.12. The molecule has 1 aromatic carbocycles. The number of rotatable bonds is 8. The minimum absolute atomic E-state index is 0.149. The third kappa shape index (κ3) is 4.44. The van der Waals surface area contributed by atoms with Gasteiger partial charge in [-0.3, -0.25) is 24.0 Å². The molecular weight excluding hydrogens is 434 g/mol. The topological polar surface area (TPSA) is 126 Å². The number of ether oxygens (including phenoxy) is 1. The molecular formula is C20H21N7O4S. The second kappa shape index (κ2) is 9.14. The van der Waals surface area contributed by atoms with E-state index in [1.165, 1.54) is 40.9 Å². The van der Waals surface area contributed by atoms with Crippen molar-refractivity contribution in [2.24, 2.45) is 14.1 Å². The molecule has 11 nitrogen and oxygen atoms in total. The van der Waals surface area contributed by atoms with Crippen LogP contribution < -0.4 is 21.3 Å². The monoisotopic (exact) mass is 455 g/mol. The van der Waals surface area contributed by atoms with Crippen molar-refractivity contribution in [2.45, 2.75) is 19.4 Å². The summed E-state index contributed by atoms with van der Waals surface area (Å²) in [5.41, 5.74) is -0.583. The fourth-order valence-electron chi connectivity index (χ4n) is 3.17. The molecule has 0 saturated heterocycles. The van der Waals surface area contributed by atoms with Gasteiger partial charge in [0.2, 0.25) is 11.0 Å². The summed E-state index contributed by atoms with van der Waals surface area (Å²) in [4.78, 5) is 41.1. The van der Waals surface area contributed by atoms with E-state index in [9.17, 15) is 14.4 Å². The van der Waals surface area contributed by atoms with Gasteiger partial charge in [0, 0.05) is 20.5 Å². The lowest BCUT2D eigenvalue weighted by molar-refractivity contribution is -0.116. The van der Waals surface area contributed by atoms with Gasteiger partial charge >= 0.3 is 5.69 Å². The summed E-state index contributed by atoms with van der Waals surface area (Å²) in [6, 6.07) is 9.57. The minimum Gasteiger partial charge on any atom is -0.494 e. The number of nitrogens with one attached hydrogen (secondary N) is 1. The molecule has 0 fully saturated rings. The molecule has 0 spiro atoms. The Balaban J connectivity index is 1.35. The molecule has 32 heavy (non-hydrogen) atoms. The highest BCUT2D eigenvalue weighted by atomic mass is 32.1. The van der Waals surface area contributed by atoms with Gasteiger partial charge in [-0.05, 0) is 18.6 Å². The third-order valence-electron chi connectivity index (χ3n) is 4.79. The fourth-order valence-corrected chi connectivity index (χ4v) is 3.96. The number of hydrogen-bond donors (Lipinski definition) is 1. The Labute approximate surface area is 185 Å². The zero-order valence-electron chi connectivity index (χ0n) is 17.5. The molecule has 4 rings (SSSR count). The molecule has 0 saturated carbocycles. The lowest BCUT2D eigenvalue weighted by atomic mass is 10.3. The van der Waals surface area contributed by atoms with E-state index in [1.807, 2.05) is 30.3 Å². The zero-order chi connectivity index (χ0) is 22.7. The second-order valence-electron chi connectivity index (χ2n) is 7.06. The van der Waals surface area contributed by atoms with Crippen LogP contribution >= 0.6 is 11.3 Å². The summed E-state index contributed by atoms with van der Waals surface area (Å²) in [6.07, 6.45) is 2.81. The fraction of sp³-hybridized carbons (Fsp3) is 0.300. The van der Waals surface area contributed by atoms with Crippen LogP contribution in [0.3, 0.4) is 0 Å². The lowest BCUT2D eigenvalue weighted by Crippen LogP contribution is -2.37. The summed E-state index contributed by atoms with van der Waals surface area (Å²) in [6.45, 7) is 0.403. The van der Waals surface area contributed by atoms with Crippen molar-refractivity contribution in [3.8, 4) is 5.75 Å². The molecule has 1 N–H and O–H groups in total. The maximum Gasteiger partial charge on any atom is 0.332 e. The van der Waals surface area contributed by atoms with Crippen molar-refractivity contribution >= 4 is 33.5 Å². The molecule has 0 radical (unpaired) electrons. The van der Waals surface area contributed by atoms with Crippen LogP contribution in [0.25, 0.3) is 11.2 Å². The molecule has 166 valence electrons. The lowest BCUT2D eigenvalue weighted by Gasteiger charge is -2.06. The van der Waals surface area contributed by atoms with E-state index in [2.05, 4.69) is 20.5 Å². The molecule has 0 aliphatic heterocycles. The summed E-state index contributed by atoms with van der Waals surface area (Å²) >= 11 is 1.29. The molecule has 0 bridgehead atoms. The number of amides is 1. The number of aromatic nitrogens is 6. The van der Waals surface area contributed by atoms with Gasteiger partial charge in [0.15, 0.2) is 11.2 Å². The normalized spacial score (nSPS) is 11.1. The first-order valence-corrected chi connectivity index (χ1v) is 10.7. The number of anilines is 1. The van der Waals surface area contributed by atoms with Gasteiger partial charge in [0.1, 0.15) is 17.3 Å². The van der Waals surface area contributed by atoms with Crippen LogP contribution in [0.5, 0.6) is 5.75 Å². The van der Waals surface area contributed by atoms with Crippen LogP contribution in [0.1, 0.15) is 11.4 Å². The number of imidazole rings is 1. The average molecular weight is 456 g/mol. The van der Waals surface area contributed by atoms with Crippen molar-refractivity contribution in [2.75, 3.05) is 11.9 Å². The van der Waals surface area contributed by atoms with Gasteiger partial charge < -0.3 is 9.30 Å². The Morgan fingerprint density at radius 2 is 1.91 bits per heavy atom. The largest absolute Gasteiger partial charge is 0.494 e. The van der Waals surface area contributed by atoms with Crippen LogP contribution in [-0.4, -0.2) is 41.4 Å². The zero-order valence-corrected chi connectivity index (χ0v) is 18.3. The maximum absolute atomic E-state index is 12.5. The number of carbonyl (C=O) groups is 1. The third-order valence-corrected chi connectivity index (χ3v) is 5.69. The molecule has 4 aromatic rings. The highest BCUT2D eigenvalue weighted by molar-refractivity contribution is 7.15. The Morgan fingerprint density at radius 1 is 1.12 bits per heavy atom. The van der Waals surface area contributed by atoms with E-state index >= 15 is 0 Å². The van der Waals surface area contributed by atoms with Gasteiger partial charge in [-0.25, -0.2) is 9.78 Å². The number of benzene rings is 1. The van der Waals surface area contributed by atoms with Crippen LogP contribution in [0, 0.1) is 0 Å². The molecule has 3 heterocycles. The number of fused-ring (bicyclic) bond motifs is 1. The van der Waals surface area contributed by atoms with E-state index in [-0.39, 0.29) is 23.6 Å². The Morgan fingerprint density at radius 3 is 2.69 bits per heavy atom. The van der Waals surface area contributed by atoms with Crippen LogP contribution in [0.4, 0.5) is 5.13 Å². The Bertz CT molecular complexity index is 1370. The number of nitrogens with zero attached hydrogens (tertiary/aromatic N) is 6. The number of carbonyl (C=O) groups excluding carboxylic acids is 1. The van der Waals surface area contributed by atoms with Gasteiger partial charge in [-0.1, -0.05) is 29.5 Å². The summed E-state index contributed by atoms with van der Waals surface area (Å²) in [7, 11) is 2.91. The van der Waals surface area contributed by atoms with E-state index in [1.54, 1.807) is 0 Å². The molecule has 0 atom stereocenters. The van der Waals surface area contributed by atoms with E-state index in [0.29, 0.717) is 18.2 Å². The predicted octanol–water partition coefficient (Wildman–Crippen LogP) is 0.935. The standard InChI is InChI=1S/C20H21N7O4S/c1-25-17-16(18(29)26(2)20(25)30)27(12-21-17)11-14(28)22-19-24-23-15(32-19)9-6-10-31-13-7-4-3-5-8-13/h3-5,7-8,12H,6,9-11H2,1-2H3,(H,22,24,28). The number of para-hydroxylation sites is 1. The summed E-state index contributed by atoms with van der Waals surface area (Å²) in [5, 5.41) is 11.9. The average Bonchev–Trinajstić information content (AvgIpc) is 3.41. The van der Waals surface area contributed by atoms with Gasteiger partial charge in [-0.15, -0.1) is 10.2 Å². The first-order valence-electron chi connectivity index (χ1n) is 9.85. The van der Waals surface area contributed by atoms with Crippen molar-refractivity contribution in [1.82, 2.24) is 28.9 Å². The summed E-state index contributed by atoms with van der Waals surface area (Å²) in [5.74, 6) is 0.440. The molecule has 3 aromatic heterocycles. The maximum atomic E-state index is 12.5. The minimum atomic E-state index is -0.510. The smallest absolute Gasteiger partial charge is 0.332 e. The summed E-state index contributed by atoms with van der Waals surface area (Å²) < 4.78 is 9.32. The molecule has 0 unspecified atom stereocenters. The van der Waals surface area contributed by atoms with Crippen LogP contribution in [-0.2, 0) is 31.9 Å². The van der Waals surface area contributed by atoms with E-state index in [0.717, 1.165) is 21.7 Å². The highest BCUT2D eigenvalue weighted by Crippen LogP contribution is 2.17. The number of hydrogen-bond acceptors (Lipinski definition) is 8. The van der Waals surface area contributed by atoms with Gasteiger partial charge in [0.25, 0.3) is 5.56 Å². The molecule has 1 amide bonds. The van der Waals surface area contributed by atoms with Crippen LogP contribution in [0.15, 0.2) is 46.2 Å². The quantitative estimate of drug-likeness (QED) is 0.392. The van der Waals surface area contributed by atoms with Gasteiger partial charge in [-0.2, -0.15) is 0 Å². The first-order chi connectivity index (χ1) is 15.4. The number of aryl methyl sites for hydroxylation is 2. The van der Waals surface area contributed by atoms with Crippen LogP contribution in [0.2, 0.25) is 0 Å². The molecule has 0 aliphatic carbocycles. The van der Waals surface area contributed by atoms with Crippen molar-refractivity contribution < 1.29 is 9.53 Å². The van der Waals surface area contributed by atoms with E-state index < -0.39 is 11.2 Å². The predicted molar refractivity (Wildman–Crippen MR) is 119 cm³/mol. The van der Waals surface area contributed by atoms with Gasteiger partial charge in [0.05, 0.1) is 12.9 Å². The second-order valence-corrected chi connectivity index (χ2v) is 8.13. The van der Waals surface area contributed by atoms with Crippen molar-refractivity contribution in [3.63, 3.8) is 0 Å². The SMILES string of the molecule is Cn1c(=O)c2c(ncn2CC(=O)Nc2nnc(CCCOc3ccccc3)s2)n(C)c1=O. The highest BCUT2D eigenvalue weighted by Gasteiger charge is 2.16. The van der Waals surface area contributed by atoms with E-state index in [4.69, 9.17) is 4.74 Å². The van der Waals surface area contributed by atoms with Crippen molar-refractivity contribution in [3.05, 3.63) is 62.5 Å². The van der Waals surface area contributed by atoms with Crippen molar-refractivity contribution in [1.29, 1.82) is 0 Å². The molecule has 12 heteroatoms. The first kappa shape index (κ1) is 21.4. The molecule has 0 aliphatic rings. The Hall–Kier alpha value is -3.80.